The number of carbonyl (C=O) groups is 2. The van der Waals surface area contributed by atoms with Gasteiger partial charge in [-0.05, 0) is 42.5 Å². The third-order valence-electron chi connectivity index (χ3n) is 7.07. The first kappa shape index (κ1) is 25.4. The summed E-state index contributed by atoms with van der Waals surface area (Å²) < 4.78 is 1.80. The molecular weight excluding hydrogens is 546 g/mol. The number of nitrogens with zero attached hydrogens (tertiary/aromatic N) is 4. The standard InChI is InChI=1S/C34H22ClN5O2/c35-26-17-15-22(16-18-26)30-20-24(34(42)40(30)38-32-28-13-7-8-14-29(28)36-33(32)41)19-25-21-39(27-11-5-2-6-12-27)37-31(25)23-9-3-1-4-10-23/h1-21H,(H,36,38,41)/b24-19+. The van der Waals surface area contributed by atoms with E-state index in [4.69, 9.17) is 16.7 Å². The molecule has 0 spiro atoms. The van der Waals surface area contributed by atoms with Crippen LogP contribution in [-0.2, 0) is 9.59 Å². The van der Waals surface area contributed by atoms with Gasteiger partial charge < -0.3 is 5.32 Å². The van der Waals surface area contributed by atoms with Crippen LogP contribution in [-0.4, -0.2) is 32.3 Å². The maximum absolute atomic E-state index is 14.0. The van der Waals surface area contributed by atoms with Gasteiger partial charge in [0.15, 0.2) is 5.71 Å². The second kappa shape index (κ2) is 10.5. The Morgan fingerprint density at radius 1 is 0.786 bits per heavy atom. The molecule has 8 heteroatoms. The number of hydrogen-bond acceptors (Lipinski definition) is 4. The van der Waals surface area contributed by atoms with Gasteiger partial charge >= 0.3 is 0 Å². The van der Waals surface area contributed by atoms with E-state index in [0.29, 0.717) is 27.5 Å². The molecule has 1 N–H and O–H groups in total. The molecule has 42 heavy (non-hydrogen) atoms. The zero-order valence-electron chi connectivity index (χ0n) is 22.1. The molecule has 0 saturated heterocycles. The number of nitrogens with one attached hydrogen (secondary N) is 1. The Hall–Kier alpha value is -5.53. The number of carbonyl (C=O) groups excluding carboxylic acids is 2. The van der Waals surface area contributed by atoms with E-state index in [-0.39, 0.29) is 17.5 Å². The molecule has 0 saturated carbocycles. The molecule has 7 rings (SSSR count). The topological polar surface area (TPSA) is 79.6 Å². The number of halogens is 1. The van der Waals surface area contributed by atoms with E-state index >= 15 is 0 Å². The average Bonchev–Trinajstić information content (AvgIpc) is 3.68. The van der Waals surface area contributed by atoms with Crippen LogP contribution in [0, 0.1) is 0 Å². The van der Waals surface area contributed by atoms with E-state index in [9.17, 15) is 9.59 Å². The molecule has 202 valence electrons. The van der Waals surface area contributed by atoms with E-state index < -0.39 is 0 Å². The van der Waals surface area contributed by atoms with Crippen LogP contribution in [0.1, 0.15) is 16.7 Å². The van der Waals surface area contributed by atoms with Crippen molar-refractivity contribution in [2.24, 2.45) is 5.10 Å². The molecule has 3 heterocycles. The third-order valence-corrected chi connectivity index (χ3v) is 7.32. The van der Waals surface area contributed by atoms with Gasteiger partial charge in [0.05, 0.1) is 22.8 Å². The van der Waals surface area contributed by atoms with E-state index in [0.717, 1.165) is 28.1 Å². The van der Waals surface area contributed by atoms with Crippen molar-refractivity contribution in [3.05, 3.63) is 149 Å². The molecule has 5 aromatic rings. The third kappa shape index (κ3) is 4.62. The highest BCUT2D eigenvalue weighted by atomic mass is 35.5. The first-order chi connectivity index (χ1) is 20.5. The first-order valence-electron chi connectivity index (χ1n) is 13.3. The minimum atomic E-state index is -0.368. The molecule has 0 fully saturated rings. The van der Waals surface area contributed by atoms with Crippen LogP contribution in [0.4, 0.5) is 5.69 Å². The van der Waals surface area contributed by atoms with Crippen molar-refractivity contribution in [2.75, 3.05) is 5.32 Å². The number of anilines is 1. The van der Waals surface area contributed by atoms with Crippen LogP contribution in [0.25, 0.3) is 28.7 Å². The smallest absolute Gasteiger partial charge is 0.278 e. The Morgan fingerprint density at radius 3 is 2.24 bits per heavy atom. The number of amides is 2. The van der Waals surface area contributed by atoms with Crippen LogP contribution in [0.15, 0.2) is 132 Å². The van der Waals surface area contributed by atoms with Crippen molar-refractivity contribution in [1.29, 1.82) is 0 Å². The Labute approximate surface area is 246 Å². The molecule has 2 aliphatic rings. The number of para-hydroxylation sites is 2. The second-order valence-electron chi connectivity index (χ2n) is 9.78. The number of fused-ring (bicyclic) bond motifs is 1. The predicted molar refractivity (Wildman–Crippen MR) is 165 cm³/mol. The van der Waals surface area contributed by atoms with Crippen LogP contribution in [0.2, 0.25) is 5.02 Å². The van der Waals surface area contributed by atoms with Crippen molar-refractivity contribution in [3.63, 3.8) is 0 Å². The van der Waals surface area contributed by atoms with Gasteiger partial charge in [0, 0.05) is 39.0 Å². The number of aromatic nitrogens is 2. The summed E-state index contributed by atoms with van der Waals surface area (Å²) in [6, 6.07) is 34.1. The highest BCUT2D eigenvalue weighted by Crippen LogP contribution is 2.35. The molecule has 2 aliphatic heterocycles. The summed E-state index contributed by atoms with van der Waals surface area (Å²) in [7, 11) is 0. The maximum Gasteiger partial charge on any atom is 0.278 e. The van der Waals surface area contributed by atoms with Crippen LogP contribution in [0.3, 0.4) is 0 Å². The zero-order chi connectivity index (χ0) is 28.6. The second-order valence-corrected chi connectivity index (χ2v) is 10.2. The number of rotatable bonds is 5. The van der Waals surface area contributed by atoms with Gasteiger partial charge in [-0.25, -0.2) is 4.68 Å². The molecule has 0 radical (unpaired) electrons. The maximum atomic E-state index is 14.0. The largest absolute Gasteiger partial charge is 0.320 e. The Bertz CT molecular complexity index is 1940. The number of hydrogen-bond donors (Lipinski definition) is 1. The van der Waals surface area contributed by atoms with Crippen LogP contribution >= 0.6 is 11.6 Å². The van der Waals surface area contributed by atoms with E-state index in [1.165, 1.54) is 5.01 Å². The minimum Gasteiger partial charge on any atom is -0.320 e. The van der Waals surface area contributed by atoms with Gasteiger partial charge in [0.2, 0.25) is 0 Å². The van der Waals surface area contributed by atoms with Gasteiger partial charge in [-0.2, -0.15) is 15.2 Å². The molecule has 7 nitrogen and oxygen atoms in total. The monoisotopic (exact) mass is 567 g/mol. The van der Waals surface area contributed by atoms with Crippen molar-refractivity contribution in [2.45, 2.75) is 0 Å². The van der Waals surface area contributed by atoms with Crippen molar-refractivity contribution in [1.82, 2.24) is 14.8 Å². The normalized spacial score (nSPS) is 16.2. The first-order valence-corrected chi connectivity index (χ1v) is 13.7. The predicted octanol–water partition coefficient (Wildman–Crippen LogP) is 6.82. The fraction of sp³-hybridized carbons (Fsp3) is 0. The number of hydrazone groups is 1. The lowest BCUT2D eigenvalue weighted by Crippen LogP contribution is -2.25. The summed E-state index contributed by atoms with van der Waals surface area (Å²) in [6.45, 7) is 0. The molecule has 0 unspecified atom stereocenters. The number of benzene rings is 4. The highest BCUT2D eigenvalue weighted by molar-refractivity contribution is 6.53. The molecule has 0 aliphatic carbocycles. The van der Waals surface area contributed by atoms with Gasteiger partial charge in [-0.1, -0.05) is 90.5 Å². The zero-order valence-corrected chi connectivity index (χ0v) is 22.9. The van der Waals surface area contributed by atoms with Gasteiger partial charge in [-0.15, -0.1) is 0 Å². The lowest BCUT2D eigenvalue weighted by atomic mass is 10.1. The summed E-state index contributed by atoms with van der Waals surface area (Å²) in [5.41, 5.74) is 6.44. The summed E-state index contributed by atoms with van der Waals surface area (Å²) in [5, 5.41) is 14.2. The Morgan fingerprint density at radius 2 is 1.48 bits per heavy atom. The van der Waals surface area contributed by atoms with E-state index in [1.807, 2.05) is 97.2 Å². The van der Waals surface area contributed by atoms with Gasteiger partial charge in [-0.3, -0.25) is 9.59 Å². The lowest BCUT2D eigenvalue weighted by molar-refractivity contribution is -0.123. The molecular formula is C34H22ClN5O2. The Kier molecular flexibility index (Phi) is 6.34. The summed E-state index contributed by atoms with van der Waals surface area (Å²) in [4.78, 5) is 26.9. The van der Waals surface area contributed by atoms with Crippen LogP contribution in [0.5, 0.6) is 0 Å². The van der Waals surface area contributed by atoms with Gasteiger partial charge in [0.1, 0.15) is 0 Å². The Balaban J connectivity index is 1.37. The SMILES string of the molecule is O=C1Nc2ccccc2/C1=N\N1C(=O)/C(=C/c2cn(-c3ccccc3)nc2-c2ccccc2)C=C1c1ccc(Cl)cc1. The highest BCUT2D eigenvalue weighted by Gasteiger charge is 2.33. The van der Waals surface area contributed by atoms with Gasteiger partial charge in [0.25, 0.3) is 11.8 Å². The molecule has 4 aromatic carbocycles. The molecule has 1 aromatic heterocycles. The van der Waals surface area contributed by atoms with Crippen molar-refractivity contribution < 1.29 is 9.59 Å². The molecule has 0 bridgehead atoms. The molecule has 0 atom stereocenters. The lowest BCUT2D eigenvalue weighted by Gasteiger charge is -2.15. The molecule has 2 amide bonds. The quantitative estimate of drug-likeness (QED) is 0.237. The van der Waals surface area contributed by atoms with E-state index in [2.05, 4.69) is 10.4 Å². The summed E-state index contributed by atoms with van der Waals surface area (Å²) >= 11 is 6.16. The van der Waals surface area contributed by atoms with E-state index in [1.54, 1.807) is 35.0 Å². The van der Waals surface area contributed by atoms with Crippen molar-refractivity contribution in [3.8, 4) is 16.9 Å². The summed E-state index contributed by atoms with van der Waals surface area (Å²) in [5.74, 6) is -0.733. The fourth-order valence-corrected chi connectivity index (χ4v) is 5.15. The average molecular weight is 568 g/mol. The minimum absolute atomic E-state index is 0.168. The van der Waals surface area contributed by atoms with Crippen molar-refractivity contribution >= 4 is 46.6 Å². The van der Waals surface area contributed by atoms with Crippen LogP contribution < -0.4 is 5.32 Å². The summed E-state index contributed by atoms with van der Waals surface area (Å²) in [6.07, 6.45) is 5.50. The fourth-order valence-electron chi connectivity index (χ4n) is 5.03.